The van der Waals surface area contributed by atoms with Crippen LogP contribution in [-0.2, 0) is 0 Å². The van der Waals surface area contributed by atoms with E-state index in [0.717, 1.165) is 18.4 Å². The first-order chi connectivity index (χ1) is 6.65. The predicted molar refractivity (Wildman–Crippen MR) is 60.5 cm³/mol. The molecule has 1 aromatic rings. The molecule has 1 aliphatic heterocycles. The third-order valence-electron chi connectivity index (χ3n) is 2.80. The molecule has 0 aliphatic carbocycles. The van der Waals surface area contributed by atoms with E-state index < -0.39 is 7.79 Å². The van der Waals surface area contributed by atoms with Crippen LogP contribution in [0.15, 0.2) is 30.3 Å². The molecule has 1 radical (unpaired) electrons. The van der Waals surface area contributed by atoms with Gasteiger partial charge in [0.1, 0.15) is 7.79 Å². The van der Waals surface area contributed by atoms with Gasteiger partial charge >= 0.3 is 0 Å². The third kappa shape index (κ3) is 1.37. The van der Waals surface area contributed by atoms with Crippen LogP contribution in [0.3, 0.4) is 0 Å². The summed E-state index contributed by atoms with van der Waals surface area (Å²) >= 11 is 0. The van der Waals surface area contributed by atoms with Gasteiger partial charge in [0, 0.05) is 18.4 Å². The highest BCUT2D eigenvalue weighted by atomic mass is 31.2. The van der Waals surface area contributed by atoms with E-state index >= 15 is 0 Å². The van der Waals surface area contributed by atoms with Gasteiger partial charge in [-0.05, 0) is 14.1 Å². The fourth-order valence-electron chi connectivity index (χ4n) is 1.85. The molecule has 1 saturated heterocycles. The largest absolute Gasteiger partial charge is 0.350 e. The van der Waals surface area contributed by atoms with Gasteiger partial charge < -0.3 is 4.89 Å². The average Bonchev–Trinajstić information content (AvgIpc) is 2.49. The summed E-state index contributed by atoms with van der Waals surface area (Å²) in [4.78, 5) is 10.7. The highest BCUT2D eigenvalue weighted by Gasteiger charge is 2.41. The molecule has 0 unspecified atom stereocenters. The molecular formula is C10H16N2OP. The van der Waals surface area contributed by atoms with Crippen molar-refractivity contribution in [2.75, 3.05) is 27.2 Å². The molecule has 0 aromatic heterocycles. The minimum Gasteiger partial charge on any atom is -0.350 e. The smallest absolute Gasteiger partial charge is 0.142 e. The second-order valence-electron chi connectivity index (χ2n) is 3.67. The zero-order valence-corrected chi connectivity index (χ0v) is 9.48. The van der Waals surface area contributed by atoms with Crippen molar-refractivity contribution in [3.05, 3.63) is 30.3 Å². The van der Waals surface area contributed by atoms with Crippen LogP contribution in [0.1, 0.15) is 0 Å². The Hall–Kier alpha value is -0.470. The van der Waals surface area contributed by atoms with Crippen molar-refractivity contribution >= 4 is 13.1 Å². The second kappa shape index (κ2) is 3.59. The Balaban J connectivity index is 2.40. The van der Waals surface area contributed by atoms with Gasteiger partial charge in [-0.2, -0.15) is 0 Å². The van der Waals surface area contributed by atoms with Crippen molar-refractivity contribution in [1.29, 1.82) is 0 Å². The maximum Gasteiger partial charge on any atom is 0.142 e. The third-order valence-corrected chi connectivity index (χ3v) is 6.10. The summed E-state index contributed by atoms with van der Waals surface area (Å²) in [6, 6.07) is 9.95. The van der Waals surface area contributed by atoms with Crippen LogP contribution < -0.4 is 5.30 Å². The monoisotopic (exact) mass is 211 g/mol. The van der Waals surface area contributed by atoms with Crippen LogP contribution in [0, 0.1) is 0 Å². The maximum absolute atomic E-state index is 10.7. The number of benzene rings is 1. The first kappa shape index (κ1) is 10.1. The van der Waals surface area contributed by atoms with Gasteiger partial charge in [-0.25, -0.2) is 0 Å². The minimum absolute atomic E-state index is 0.940. The molecule has 0 amide bonds. The number of rotatable bonds is 1. The molecule has 1 heterocycles. The van der Waals surface area contributed by atoms with Crippen LogP contribution >= 0.6 is 7.79 Å². The fraction of sp³-hybridized carbons (Fsp3) is 0.400. The number of hydrogen-bond acceptors (Lipinski definition) is 3. The average molecular weight is 211 g/mol. The van der Waals surface area contributed by atoms with Gasteiger partial charge in [0.05, 0.1) is 0 Å². The standard InChI is InChI=1S/C10H16N2OP/c1-11-8-9-12(2)14(11,13)10-6-4-3-5-7-10/h3-7,13H,8-9H2,1-2H3. The van der Waals surface area contributed by atoms with Crippen LogP contribution in [0.4, 0.5) is 0 Å². The van der Waals surface area contributed by atoms with Crippen LogP contribution in [0.5, 0.6) is 0 Å². The molecule has 0 spiro atoms. The Morgan fingerprint density at radius 1 is 1.07 bits per heavy atom. The van der Waals surface area contributed by atoms with E-state index in [2.05, 4.69) is 9.34 Å². The van der Waals surface area contributed by atoms with E-state index in [-0.39, 0.29) is 0 Å². The fourth-order valence-corrected chi connectivity index (χ4v) is 4.47. The summed E-state index contributed by atoms with van der Waals surface area (Å²) in [6.45, 7) is 1.88. The number of likely N-dealkylation sites (N-methyl/N-ethyl adjacent to an activating group) is 2. The normalized spacial score (nSPS) is 22.8. The summed E-state index contributed by atoms with van der Waals surface area (Å²) in [6.07, 6.45) is 0. The van der Waals surface area contributed by atoms with E-state index in [0.29, 0.717) is 0 Å². The van der Waals surface area contributed by atoms with Crippen LogP contribution in [0.25, 0.3) is 0 Å². The molecule has 0 bridgehead atoms. The summed E-state index contributed by atoms with van der Waals surface area (Å²) in [7, 11) is 1.79. The molecule has 1 fully saturated rings. The summed E-state index contributed by atoms with van der Waals surface area (Å²) < 4.78 is 4.14. The van der Waals surface area contributed by atoms with Crippen molar-refractivity contribution < 1.29 is 4.89 Å². The van der Waals surface area contributed by atoms with E-state index in [9.17, 15) is 4.89 Å². The SMILES string of the molecule is CN1CCN(C)[P]1(O)c1ccccc1. The zero-order valence-electron chi connectivity index (χ0n) is 8.59. The number of hydrogen-bond donors (Lipinski definition) is 1. The maximum atomic E-state index is 10.7. The first-order valence-corrected chi connectivity index (χ1v) is 6.41. The minimum atomic E-state index is -2.19. The van der Waals surface area contributed by atoms with Gasteiger partial charge in [0.25, 0.3) is 0 Å². The molecule has 1 aromatic carbocycles. The Morgan fingerprint density at radius 2 is 1.57 bits per heavy atom. The quantitative estimate of drug-likeness (QED) is 0.700. The predicted octanol–water partition coefficient (Wildman–Crippen LogP) is 0.944. The molecule has 1 aliphatic rings. The van der Waals surface area contributed by atoms with Crippen molar-refractivity contribution in [3.8, 4) is 0 Å². The topological polar surface area (TPSA) is 26.7 Å². The lowest BCUT2D eigenvalue weighted by atomic mass is 10.4. The molecular weight excluding hydrogens is 195 g/mol. The molecule has 14 heavy (non-hydrogen) atoms. The lowest BCUT2D eigenvalue weighted by molar-refractivity contribution is 0.477. The van der Waals surface area contributed by atoms with Crippen molar-refractivity contribution in [2.45, 2.75) is 0 Å². The van der Waals surface area contributed by atoms with E-state index in [1.165, 1.54) is 0 Å². The van der Waals surface area contributed by atoms with E-state index in [1.807, 2.05) is 44.4 Å². The molecule has 77 valence electrons. The Labute approximate surface area is 85.5 Å². The summed E-state index contributed by atoms with van der Waals surface area (Å²) in [5.41, 5.74) is 0. The molecule has 0 saturated carbocycles. The number of nitrogens with zero attached hydrogens (tertiary/aromatic N) is 2. The molecule has 0 atom stereocenters. The summed E-state index contributed by atoms with van der Waals surface area (Å²) in [5, 5.41) is 1.04. The Morgan fingerprint density at radius 3 is 2.07 bits per heavy atom. The van der Waals surface area contributed by atoms with E-state index in [1.54, 1.807) is 0 Å². The Kier molecular flexibility index (Phi) is 2.58. The molecule has 3 nitrogen and oxygen atoms in total. The van der Waals surface area contributed by atoms with Gasteiger partial charge in [0.15, 0.2) is 0 Å². The van der Waals surface area contributed by atoms with Gasteiger partial charge in [-0.1, -0.05) is 30.3 Å². The Bertz CT molecular complexity index is 307. The van der Waals surface area contributed by atoms with Gasteiger partial charge in [-0.3, -0.25) is 9.34 Å². The lowest BCUT2D eigenvalue weighted by Gasteiger charge is -2.37. The molecule has 2 rings (SSSR count). The van der Waals surface area contributed by atoms with Crippen LogP contribution in [0.2, 0.25) is 0 Å². The lowest BCUT2D eigenvalue weighted by Crippen LogP contribution is -2.28. The second-order valence-corrected chi connectivity index (χ2v) is 6.69. The highest BCUT2D eigenvalue weighted by Crippen LogP contribution is 2.61. The van der Waals surface area contributed by atoms with Gasteiger partial charge in [0.2, 0.25) is 0 Å². The highest BCUT2D eigenvalue weighted by molar-refractivity contribution is 7.73. The zero-order chi connectivity index (χ0) is 10.2. The van der Waals surface area contributed by atoms with Crippen molar-refractivity contribution in [2.24, 2.45) is 0 Å². The molecule has 4 heteroatoms. The summed E-state index contributed by atoms with van der Waals surface area (Å²) in [5.74, 6) is 0. The first-order valence-electron chi connectivity index (χ1n) is 4.76. The van der Waals surface area contributed by atoms with Crippen molar-refractivity contribution in [1.82, 2.24) is 9.34 Å². The van der Waals surface area contributed by atoms with Crippen molar-refractivity contribution in [3.63, 3.8) is 0 Å². The van der Waals surface area contributed by atoms with E-state index in [4.69, 9.17) is 0 Å². The molecule has 1 N–H and O–H groups in total. The van der Waals surface area contributed by atoms with Gasteiger partial charge in [-0.15, -0.1) is 0 Å². The van der Waals surface area contributed by atoms with Crippen LogP contribution in [-0.4, -0.2) is 41.4 Å².